The lowest BCUT2D eigenvalue weighted by molar-refractivity contribution is 0.0214. The Balaban J connectivity index is 4.64. The monoisotopic (exact) mass is 692 g/mol. The van der Waals surface area contributed by atoms with Crippen molar-refractivity contribution in [2.45, 2.75) is 9.45 Å². The molecular weight excluding hydrogens is 649 g/mol. The van der Waals surface area contributed by atoms with Crippen LogP contribution in [0.3, 0.4) is 0 Å². The van der Waals surface area contributed by atoms with Crippen molar-refractivity contribution < 1.29 is 69.6 Å². The Morgan fingerprint density at radius 2 is 0.763 bits per heavy atom. The minimum atomic E-state index is -4.23. The van der Waals surface area contributed by atoms with E-state index in [9.17, 15) is 0 Å². The highest BCUT2D eigenvalue weighted by atomic mass is 28.5. The molecule has 1 unspecified atom stereocenters. The first-order valence-electron chi connectivity index (χ1n) is 11.2. The van der Waals surface area contributed by atoms with Crippen molar-refractivity contribution in [1.82, 2.24) is 0 Å². The molecule has 0 spiro atoms. The molecule has 1 rings (SSSR count). The molecule has 0 amide bonds. The smallest absolute Gasteiger partial charge is 0.425 e. The maximum atomic E-state index is 6.43. The highest BCUT2D eigenvalue weighted by Gasteiger charge is 2.95. The summed E-state index contributed by atoms with van der Waals surface area (Å²) in [6.07, 6.45) is 0. The van der Waals surface area contributed by atoms with Crippen LogP contribution in [0.2, 0.25) is 9.45 Å². The summed E-state index contributed by atoms with van der Waals surface area (Å²) < 4.78 is 96.7. The normalized spacial score (nSPS) is 21.6. The molecule has 0 aromatic rings. The van der Waals surface area contributed by atoms with Crippen LogP contribution in [0.25, 0.3) is 0 Å². The molecule has 24 heteroatoms. The molecule has 1 heterocycles. The predicted molar refractivity (Wildman–Crippen MR) is 151 cm³/mol. The van der Waals surface area contributed by atoms with Crippen molar-refractivity contribution in [1.29, 1.82) is 0 Å². The summed E-state index contributed by atoms with van der Waals surface area (Å²) in [5.41, 5.74) is 0. The van der Waals surface area contributed by atoms with Crippen LogP contribution in [-0.4, -0.2) is 160 Å². The minimum Gasteiger partial charge on any atom is -0.425 e. The average molecular weight is 693 g/mol. The first-order valence-corrected chi connectivity index (χ1v) is 23.3. The third-order valence-electron chi connectivity index (χ3n) is 6.64. The van der Waals surface area contributed by atoms with Crippen molar-refractivity contribution in [2.75, 3.05) is 85.3 Å². The van der Waals surface area contributed by atoms with Crippen molar-refractivity contribution >= 4 is 74.5 Å². The first-order chi connectivity index (χ1) is 18.2. The van der Waals surface area contributed by atoms with Gasteiger partial charge in [0.25, 0.3) is 30.0 Å². The van der Waals surface area contributed by atoms with Crippen LogP contribution in [-0.2, 0) is 69.6 Å². The molecule has 0 radical (unpaired) electrons. The topological polar surface area (TPSA) is 148 Å². The molecule has 1 aliphatic heterocycles. The van der Waals surface area contributed by atoms with E-state index in [1.54, 1.807) is 0 Å². The van der Waals surface area contributed by atoms with Gasteiger partial charge >= 0.3 is 44.5 Å². The second-order valence-electron chi connectivity index (χ2n) is 7.47. The molecule has 1 saturated heterocycles. The van der Waals surface area contributed by atoms with E-state index in [1.165, 1.54) is 85.3 Å². The van der Waals surface area contributed by atoms with E-state index in [0.29, 0.717) is 0 Å². The molecule has 0 saturated carbocycles. The van der Waals surface area contributed by atoms with E-state index < -0.39 is 84.0 Å². The number of hydrogen-bond acceptors (Lipinski definition) is 16. The fraction of sp³-hybridized carbons (Fsp3) is 1.00. The molecule has 1 fully saturated rings. The van der Waals surface area contributed by atoms with Gasteiger partial charge in [0.2, 0.25) is 0 Å². The molecule has 0 aromatic carbocycles. The molecule has 228 valence electrons. The van der Waals surface area contributed by atoms with Gasteiger partial charge < -0.3 is 69.6 Å². The Morgan fingerprint density at radius 1 is 0.474 bits per heavy atom. The summed E-state index contributed by atoms with van der Waals surface area (Å²) in [5, 5.41) is -1.04. The largest absolute Gasteiger partial charge is 0.516 e. The van der Waals surface area contributed by atoms with Crippen LogP contribution >= 0.6 is 0 Å². The van der Waals surface area contributed by atoms with Gasteiger partial charge in [-0.05, 0) is 0 Å². The summed E-state index contributed by atoms with van der Waals surface area (Å²) in [5.74, 6) is 0. The van der Waals surface area contributed by atoms with Crippen molar-refractivity contribution in [3.8, 4) is 0 Å². The standard InChI is InChI=1S/C14H44O16Si8/c1-15-35(16-2,17-3)13(34-29-32-27-31-28-33-30-34)14(36(18-4,19-5)20-6,37(21-7,22-8)23-9)38(24-10,25-11)26-12/h13,34H,31-33H2,1-12H3. The lowest BCUT2D eigenvalue weighted by atomic mass is 10.9. The van der Waals surface area contributed by atoms with Crippen LogP contribution in [0.1, 0.15) is 0 Å². The van der Waals surface area contributed by atoms with E-state index in [0.717, 1.165) is 0 Å². The molecule has 0 N–H and O–H groups in total. The molecule has 16 nitrogen and oxygen atoms in total. The van der Waals surface area contributed by atoms with E-state index >= 15 is 0 Å². The van der Waals surface area contributed by atoms with E-state index in [1.807, 2.05) is 0 Å². The fourth-order valence-electron chi connectivity index (χ4n) is 5.20. The molecule has 38 heavy (non-hydrogen) atoms. The van der Waals surface area contributed by atoms with Crippen molar-refractivity contribution in [3.05, 3.63) is 0 Å². The minimum absolute atomic E-state index is 1.04. The molecular formula is C14H44O16Si8. The molecule has 0 bridgehead atoms. The van der Waals surface area contributed by atoms with E-state index in [-0.39, 0.29) is 0 Å². The van der Waals surface area contributed by atoms with Crippen LogP contribution in [0.4, 0.5) is 0 Å². The quantitative estimate of drug-likeness (QED) is 0.131. The first kappa shape index (κ1) is 37.1. The summed E-state index contributed by atoms with van der Waals surface area (Å²) >= 11 is 0. The summed E-state index contributed by atoms with van der Waals surface area (Å²) in [4.78, 5) is 0. The van der Waals surface area contributed by atoms with E-state index in [2.05, 4.69) is 0 Å². The van der Waals surface area contributed by atoms with Crippen LogP contribution < -0.4 is 0 Å². The molecule has 0 aromatic heterocycles. The van der Waals surface area contributed by atoms with Gasteiger partial charge in [0.05, 0.1) is 5.16 Å². The van der Waals surface area contributed by atoms with Gasteiger partial charge in [0, 0.05) is 85.3 Å². The zero-order chi connectivity index (χ0) is 29.1. The summed E-state index contributed by atoms with van der Waals surface area (Å²) in [6.45, 7) is 0. The highest BCUT2D eigenvalue weighted by molar-refractivity contribution is 7.07. The highest BCUT2D eigenvalue weighted by Crippen LogP contribution is 2.66. The van der Waals surface area contributed by atoms with Crippen molar-refractivity contribution in [3.63, 3.8) is 0 Å². The molecule has 1 atom stereocenters. The third kappa shape index (κ3) is 5.95. The summed E-state index contributed by atoms with van der Waals surface area (Å²) in [7, 11) is -6.66. The van der Waals surface area contributed by atoms with Gasteiger partial charge in [-0.15, -0.1) is 0 Å². The average Bonchev–Trinajstić information content (AvgIpc) is 2.95. The SMILES string of the molecule is CO[Si](OC)(OC)C([SiH]1O[SiH2]O[SiH2]O[SiH2]O1)C([Si](OC)(OC)OC)([Si](OC)(OC)OC)[Si](OC)(OC)OC. The molecule has 0 aliphatic carbocycles. The lowest BCUT2D eigenvalue weighted by Gasteiger charge is -2.58. The van der Waals surface area contributed by atoms with Crippen molar-refractivity contribution in [2.24, 2.45) is 0 Å². The number of hydrogen-bond donors (Lipinski definition) is 0. The predicted octanol–water partition coefficient (Wildman–Crippen LogP) is -3.48. The van der Waals surface area contributed by atoms with Gasteiger partial charge in [0.1, 0.15) is 0 Å². The van der Waals surface area contributed by atoms with Crippen LogP contribution in [0.5, 0.6) is 0 Å². The van der Waals surface area contributed by atoms with Crippen LogP contribution in [0, 0.1) is 0 Å². The maximum absolute atomic E-state index is 6.43. The zero-order valence-electron chi connectivity index (χ0n) is 24.3. The number of rotatable bonds is 18. The summed E-state index contributed by atoms with van der Waals surface area (Å²) in [6, 6.07) is 0. The van der Waals surface area contributed by atoms with Crippen LogP contribution in [0.15, 0.2) is 0 Å². The Kier molecular flexibility index (Phi) is 16.3. The van der Waals surface area contributed by atoms with Gasteiger partial charge in [-0.1, -0.05) is 0 Å². The Hall–Kier alpha value is 1.10. The second kappa shape index (κ2) is 16.7. The zero-order valence-corrected chi connectivity index (χ0v) is 33.7. The van der Waals surface area contributed by atoms with Gasteiger partial charge in [0.15, 0.2) is 4.28 Å². The Morgan fingerprint density at radius 3 is 1.00 bits per heavy atom. The second-order valence-corrected chi connectivity index (χ2v) is 30.1. The maximum Gasteiger partial charge on any atom is 0.516 e. The Labute approximate surface area is 238 Å². The van der Waals surface area contributed by atoms with Gasteiger partial charge in [-0.3, -0.25) is 0 Å². The van der Waals surface area contributed by atoms with Gasteiger partial charge in [-0.2, -0.15) is 0 Å². The Bertz CT molecular complexity index is 577. The van der Waals surface area contributed by atoms with E-state index in [4.69, 9.17) is 69.6 Å². The third-order valence-corrected chi connectivity index (χ3v) is 35.1. The molecule has 1 aliphatic rings. The fourth-order valence-corrected chi connectivity index (χ4v) is 41.9. The lowest BCUT2D eigenvalue weighted by Crippen LogP contribution is -2.85. The van der Waals surface area contributed by atoms with Gasteiger partial charge in [-0.25, -0.2) is 0 Å².